The highest BCUT2D eigenvalue weighted by Gasteiger charge is 2.19. The molecule has 0 bridgehead atoms. The van der Waals surface area contributed by atoms with Crippen molar-refractivity contribution in [1.29, 1.82) is 0 Å². The molecule has 0 rings (SSSR count). The Hall–Kier alpha value is -2.63. The Balaban J connectivity index is 4.20. The minimum atomic E-state index is -0.805. The number of carbonyl (C=O) groups excluding carboxylic acids is 3. The third kappa shape index (κ3) is 48.4. The van der Waals surface area contributed by atoms with Gasteiger partial charge < -0.3 is 14.2 Å². The van der Waals surface area contributed by atoms with Crippen molar-refractivity contribution in [2.75, 3.05) is 13.2 Å². The van der Waals surface area contributed by atoms with E-state index in [9.17, 15) is 14.4 Å². The first-order chi connectivity index (χ1) is 30.5. The van der Waals surface area contributed by atoms with E-state index in [2.05, 4.69) is 57.2 Å². The SMILES string of the molecule is CC/C=C\C/C=C\C/C=C\C/C=C\CCC(=O)OC(COC(=O)CCCCCCCCCC)COC(=O)CCCCCCCCCCCCCCCCCCCCCCCCC. The van der Waals surface area contributed by atoms with E-state index in [1.807, 2.05) is 12.2 Å². The lowest BCUT2D eigenvalue weighted by Gasteiger charge is -2.18. The Labute approximate surface area is 384 Å². The first kappa shape index (κ1) is 59.4. The van der Waals surface area contributed by atoms with E-state index in [0.29, 0.717) is 19.3 Å². The zero-order valence-electron chi connectivity index (χ0n) is 41.1. The van der Waals surface area contributed by atoms with Crippen molar-refractivity contribution in [3.63, 3.8) is 0 Å². The van der Waals surface area contributed by atoms with Gasteiger partial charge >= 0.3 is 17.9 Å². The van der Waals surface area contributed by atoms with Gasteiger partial charge in [-0.3, -0.25) is 14.4 Å². The summed E-state index contributed by atoms with van der Waals surface area (Å²) in [4.78, 5) is 37.8. The molecule has 360 valence electrons. The number of allylic oxidation sites excluding steroid dienone is 8. The molecule has 6 heteroatoms. The van der Waals surface area contributed by atoms with Gasteiger partial charge in [-0.2, -0.15) is 0 Å². The van der Waals surface area contributed by atoms with Gasteiger partial charge in [-0.1, -0.05) is 256 Å². The van der Waals surface area contributed by atoms with Crippen LogP contribution in [0.3, 0.4) is 0 Å². The standard InChI is InChI=1S/C56H100O6/c1-4-7-10-13-16-19-21-23-24-25-26-27-28-29-30-31-32-34-35-37-40-43-46-49-55(58)61-52-53(51-60-54(57)48-45-42-39-18-15-12-9-6-3)62-56(59)50-47-44-41-38-36-33-22-20-17-14-11-8-5-2/h8,11,17,20,33,36,41,44,53H,4-7,9-10,12-16,18-19,21-32,34-35,37-40,42-43,45-52H2,1-3H3/b11-8-,20-17-,36-33-,44-41-. The molecule has 0 aliphatic rings. The first-order valence-corrected chi connectivity index (χ1v) is 26.6. The largest absolute Gasteiger partial charge is 0.462 e. The van der Waals surface area contributed by atoms with Crippen molar-refractivity contribution >= 4 is 17.9 Å². The molecule has 1 atom stereocenters. The molecule has 0 aliphatic heterocycles. The fraction of sp³-hybridized carbons (Fsp3) is 0.804. The van der Waals surface area contributed by atoms with Crippen LogP contribution >= 0.6 is 0 Å². The lowest BCUT2D eigenvalue weighted by molar-refractivity contribution is -0.166. The molecule has 0 aromatic rings. The first-order valence-electron chi connectivity index (χ1n) is 26.6. The van der Waals surface area contributed by atoms with E-state index < -0.39 is 6.10 Å². The van der Waals surface area contributed by atoms with Crippen molar-refractivity contribution in [2.45, 2.75) is 277 Å². The van der Waals surface area contributed by atoms with Crippen molar-refractivity contribution in [2.24, 2.45) is 0 Å². The predicted molar refractivity (Wildman–Crippen MR) is 265 cm³/mol. The van der Waals surface area contributed by atoms with Crippen LogP contribution in [0.15, 0.2) is 48.6 Å². The average Bonchev–Trinajstić information content (AvgIpc) is 3.27. The third-order valence-electron chi connectivity index (χ3n) is 11.6. The summed E-state index contributed by atoms with van der Waals surface area (Å²) in [5, 5.41) is 0. The van der Waals surface area contributed by atoms with E-state index in [4.69, 9.17) is 14.2 Å². The van der Waals surface area contributed by atoms with Gasteiger partial charge in [0.1, 0.15) is 13.2 Å². The molecule has 0 saturated carbocycles. The maximum Gasteiger partial charge on any atom is 0.306 e. The lowest BCUT2D eigenvalue weighted by atomic mass is 10.0. The van der Waals surface area contributed by atoms with E-state index in [-0.39, 0.29) is 37.5 Å². The number of ether oxygens (including phenoxy) is 3. The van der Waals surface area contributed by atoms with Gasteiger partial charge in [0, 0.05) is 19.3 Å². The minimum Gasteiger partial charge on any atom is -0.462 e. The predicted octanol–water partition coefficient (Wildman–Crippen LogP) is 17.5. The van der Waals surface area contributed by atoms with Crippen LogP contribution in [-0.4, -0.2) is 37.2 Å². The van der Waals surface area contributed by atoms with Gasteiger partial charge in [0.05, 0.1) is 0 Å². The van der Waals surface area contributed by atoms with Gasteiger partial charge in [-0.15, -0.1) is 0 Å². The summed E-state index contributed by atoms with van der Waals surface area (Å²) in [5.74, 6) is -0.977. The van der Waals surface area contributed by atoms with E-state index in [1.165, 1.54) is 161 Å². The number of unbranched alkanes of at least 4 members (excludes halogenated alkanes) is 29. The highest BCUT2D eigenvalue weighted by molar-refractivity contribution is 5.71. The Morgan fingerprint density at radius 3 is 0.952 bits per heavy atom. The zero-order valence-corrected chi connectivity index (χ0v) is 41.1. The molecular weight excluding hydrogens is 769 g/mol. The smallest absolute Gasteiger partial charge is 0.306 e. The number of carbonyl (C=O) groups is 3. The monoisotopic (exact) mass is 869 g/mol. The van der Waals surface area contributed by atoms with Crippen LogP contribution in [0.2, 0.25) is 0 Å². The zero-order chi connectivity index (χ0) is 45.1. The number of esters is 3. The maximum absolute atomic E-state index is 12.7. The molecule has 62 heavy (non-hydrogen) atoms. The quantitative estimate of drug-likeness (QED) is 0.0262. The Bertz CT molecular complexity index is 1090. The number of rotatable bonds is 48. The van der Waals surface area contributed by atoms with Crippen LogP contribution in [0.1, 0.15) is 271 Å². The van der Waals surface area contributed by atoms with Crippen molar-refractivity contribution in [3.8, 4) is 0 Å². The van der Waals surface area contributed by atoms with Gasteiger partial charge in [0.15, 0.2) is 6.10 Å². The van der Waals surface area contributed by atoms with Crippen LogP contribution < -0.4 is 0 Å². The van der Waals surface area contributed by atoms with E-state index >= 15 is 0 Å². The van der Waals surface area contributed by atoms with Crippen molar-refractivity contribution in [1.82, 2.24) is 0 Å². The Morgan fingerprint density at radius 1 is 0.339 bits per heavy atom. The van der Waals surface area contributed by atoms with Crippen molar-refractivity contribution < 1.29 is 28.6 Å². The molecule has 0 spiro atoms. The summed E-state index contributed by atoms with van der Waals surface area (Å²) >= 11 is 0. The minimum absolute atomic E-state index is 0.0983. The highest BCUT2D eigenvalue weighted by atomic mass is 16.6. The summed E-state index contributed by atoms with van der Waals surface area (Å²) in [5.41, 5.74) is 0. The van der Waals surface area contributed by atoms with Gasteiger partial charge in [0.2, 0.25) is 0 Å². The molecule has 0 aromatic heterocycles. The topological polar surface area (TPSA) is 78.9 Å². The normalized spacial score (nSPS) is 12.4. The average molecular weight is 869 g/mol. The van der Waals surface area contributed by atoms with Crippen molar-refractivity contribution in [3.05, 3.63) is 48.6 Å². The van der Waals surface area contributed by atoms with Crippen LogP contribution in [0.25, 0.3) is 0 Å². The number of hydrogen-bond donors (Lipinski definition) is 0. The molecule has 0 heterocycles. The van der Waals surface area contributed by atoms with Crippen LogP contribution in [0.5, 0.6) is 0 Å². The molecule has 0 aliphatic carbocycles. The van der Waals surface area contributed by atoms with Gasteiger partial charge in [0.25, 0.3) is 0 Å². The van der Waals surface area contributed by atoms with Crippen LogP contribution in [0.4, 0.5) is 0 Å². The summed E-state index contributed by atoms with van der Waals surface area (Å²) in [7, 11) is 0. The molecule has 6 nitrogen and oxygen atoms in total. The molecule has 0 amide bonds. The van der Waals surface area contributed by atoms with E-state index in [0.717, 1.165) is 64.2 Å². The fourth-order valence-corrected chi connectivity index (χ4v) is 7.63. The Morgan fingerprint density at radius 2 is 0.629 bits per heavy atom. The molecular formula is C56H100O6. The number of hydrogen-bond acceptors (Lipinski definition) is 6. The van der Waals surface area contributed by atoms with Gasteiger partial charge in [-0.05, 0) is 44.9 Å². The molecule has 0 radical (unpaired) electrons. The third-order valence-corrected chi connectivity index (χ3v) is 11.6. The Kier molecular flexibility index (Phi) is 48.8. The highest BCUT2D eigenvalue weighted by Crippen LogP contribution is 2.16. The van der Waals surface area contributed by atoms with Gasteiger partial charge in [-0.25, -0.2) is 0 Å². The lowest BCUT2D eigenvalue weighted by Crippen LogP contribution is -2.30. The molecule has 0 fully saturated rings. The second-order valence-corrected chi connectivity index (χ2v) is 17.8. The molecule has 1 unspecified atom stereocenters. The fourth-order valence-electron chi connectivity index (χ4n) is 7.63. The molecule has 0 saturated heterocycles. The summed E-state index contributed by atoms with van der Waals surface area (Å²) in [6.07, 6.45) is 61.4. The second kappa shape index (κ2) is 51.0. The summed E-state index contributed by atoms with van der Waals surface area (Å²) in [6, 6.07) is 0. The van der Waals surface area contributed by atoms with Crippen LogP contribution in [0, 0.1) is 0 Å². The molecule has 0 aromatic carbocycles. The summed E-state index contributed by atoms with van der Waals surface area (Å²) in [6.45, 7) is 6.45. The maximum atomic E-state index is 12.7. The van der Waals surface area contributed by atoms with Crippen LogP contribution in [-0.2, 0) is 28.6 Å². The summed E-state index contributed by atoms with van der Waals surface area (Å²) < 4.78 is 16.7. The second-order valence-electron chi connectivity index (χ2n) is 17.8. The molecule has 0 N–H and O–H groups in total. The van der Waals surface area contributed by atoms with E-state index in [1.54, 1.807) is 0 Å².